The zero-order valence-electron chi connectivity index (χ0n) is 14.0. The van der Waals surface area contributed by atoms with Crippen LogP contribution < -0.4 is 0 Å². The van der Waals surface area contributed by atoms with E-state index in [-0.39, 0.29) is 0 Å². The maximum atomic E-state index is 2.78. The smallest absolute Gasteiger partial charge is 0.0316 e. The Balaban J connectivity index is 2.96. The van der Waals surface area contributed by atoms with Gasteiger partial charge in [0.1, 0.15) is 0 Å². The Labute approximate surface area is 131 Å². The molecule has 120 valence electrons. The first-order chi connectivity index (χ1) is 9.91. The van der Waals surface area contributed by atoms with Crippen LogP contribution in [0.2, 0.25) is 0 Å². The Morgan fingerprint density at radius 1 is 0.550 bits per heavy atom. The molecule has 0 saturated heterocycles. The first-order valence-corrected chi connectivity index (χ1v) is 10.1. The summed E-state index contributed by atoms with van der Waals surface area (Å²) in [7, 11) is 2.78. The highest BCUT2D eigenvalue weighted by Gasteiger charge is 1.93. The predicted octanol–water partition coefficient (Wildman–Crippen LogP) is 7.29. The van der Waals surface area contributed by atoms with Crippen LogP contribution in [0.1, 0.15) is 103 Å². The van der Waals surface area contributed by atoms with Crippen LogP contribution in [0, 0.1) is 0 Å². The molecular weight excluding hydrogens is 259 g/mol. The second-order valence-electron chi connectivity index (χ2n) is 6.08. The van der Waals surface area contributed by atoms with Gasteiger partial charge < -0.3 is 0 Å². The van der Waals surface area contributed by atoms with Gasteiger partial charge in [-0.05, 0) is 25.4 Å². The van der Waals surface area contributed by atoms with Crippen LogP contribution in [0.25, 0.3) is 0 Å². The molecule has 0 aliphatic rings. The highest BCUT2D eigenvalue weighted by atomic mass is 31.0. The van der Waals surface area contributed by atoms with Crippen molar-refractivity contribution in [2.75, 3.05) is 6.16 Å². The summed E-state index contributed by atoms with van der Waals surface area (Å²) in [4.78, 5) is 0. The molecule has 0 nitrogen and oxygen atoms in total. The molecule has 0 saturated carbocycles. The maximum absolute atomic E-state index is 2.78. The molecule has 0 aromatic rings. The molecule has 0 aliphatic carbocycles. The lowest BCUT2D eigenvalue weighted by Gasteiger charge is -2.02. The molecule has 0 spiro atoms. The molecule has 1 heteroatoms. The van der Waals surface area contributed by atoms with Crippen molar-refractivity contribution in [1.82, 2.24) is 0 Å². The number of allylic oxidation sites excluding steroid dienone is 2. The van der Waals surface area contributed by atoms with Crippen molar-refractivity contribution in [2.24, 2.45) is 0 Å². The number of unbranched alkanes of at least 4 members (excludes halogenated alkanes) is 13. The van der Waals surface area contributed by atoms with Crippen molar-refractivity contribution in [1.29, 1.82) is 0 Å². The van der Waals surface area contributed by atoms with Crippen LogP contribution >= 0.6 is 9.24 Å². The van der Waals surface area contributed by atoms with Gasteiger partial charge in [-0.3, -0.25) is 0 Å². The highest BCUT2D eigenvalue weighted by molar-refractivity contribution is 7.16. The fourth-order valence-electron chi connectivity index (χ4n) is 2.61. The number of rotatable bonds is 16. The van der Waals surface area contributed by atoms with Gasteiger partial charge in [-0.1, -0.05) is 96.1 Å². The van der Waals surface area contributed by atoms with E-state index < -0.39 is 0 Å². The molecule has 0 radical (unpaired) electrons. The quantitative estimate of drug-likeness (QED) is 0.159. The summed E-state index contributed by atoms with van der Waals surface area (Å²) in [5.41, 5.74) is 0. The van der Waals surface area contributed by atoms with Gasteiger partial charge in [0.15, 0.2) is 0 Å². The van der Waals surface area contributed by atoms with Gasteiger partial charge in [-0.2, -0.15) is 0 Å². The molecule has 0 fully saturated rings. The van der Waals surface area contributed by atoms with E-state index in [1.165, 1.54) is 102 Å². The summed E-state index contributed by atoms with van der Waals surface area (Å²) in [6, 6.07) is 0. The zero-order chi connectivity index (χ0) is 14.7. The lowest BCUT2D eigenvalue weighted by molar-refractivity contribution is 0.540. The van der Waals surface area contributed by atoms with Crippen molar-refractivity contribution >= 4 is 9.24 Å². The molecule has 0 amide bonds. The standard InChI is InChI=1S/C19H39P/c1-2-3-4-5-6-7-8-9-10-11-12-13-14-15-16-17-18-19-20/h16-17H,2-15,18-20H2,1H3/b17-16+. The molecule has 0 heterocycles. The zero-order valence-corrected chi connectivity index (χ0v) is 15.2. The van der Waals surface area contributed by atoms with Gasteiger partial charge in [-0.15, -0.1) is 9.24 Å². The lowest BCUT2D eigenvalue weighted by Crippen LogP contribution is -1.82. The minimum absolute atomic E-state index is 1.20. The fraction of sp³-hybridized carbons (Fsp3) is 0.895. The Bertz CT molecular complexity index is 186. The Morgan fingerprint density at radius 2 is 0.950 bits per heavy atom. The summed E-state index contributed by atoms with van der Waals surface area (Å²) in [6.45, 7) is 2.29. The van der Waals surface area contributed by atoms with E-state index in [1.807, 2.05) is 0 Å². The van der Waals surface area contributed by atoms with Crippen LogP contribution in [0.15, 0.2) is 12.2 Å². The van der Waals surface area contributed by atoms with E-state index in [0.717, 1.165) is 0 Å². The van der Waals surface area contributed by atoms with Crippen molar-refractivity contribution in [2.45, 2.75) is 103 Å². The molecule has 1 atom stereocenters. The fourth-order valence-corrected chi connectivity index (χ4v) is 2.80. The molecular formula is C19H39P. The molecule has 1 unspecified atom stereocenters. The Kier molecular flexibility index (Phi) is 19.3. The average Bonchev–Trinajstić information content (AvgIpc) is 2.47. The summed E-state index contributed by atoms with van der Waals surface area (Å²) in [6.07, 6.45) is 27.3. The van der Waals surface area contributed by atoms with Crippen LogP contribution in [0.3, 0.4) is 0 Å². The minimum Gasteiger partial charge on any atom is -0.137 e. The summed E-state index contributed by atoms with van der Waals surface area (Å²) < 4.78 is 0. The molecule has 0 bridgehead atoms. The van der Waals surface area contributed by atoms with Gasteiger partial charge in [-0.25, -0.2) is 0 Å². The van der Waals surface area contributed by atoms with Crippen LogP contribution in [-0.4, -0.2) is 6.16 Å². The number of hydrogen-bond acceptors (Lipinski definition) is 0. The van der Waals surface area contributed by atoms with Gasteiger partial charge in [0.25, 0.3) is 0 Å². The predicted molar refractivity (Wildman–Crippen MR) is 98.6 cm³/mol. The first-order valence-electron chi connectivity index (χ1n) is 9.27. The van der Waals surface area contributed by atoms with Crippen LogP contribution in [0.4, 0.5) is 0 Å². The van der Waals surface area contributed by atoms with E-state index in [0.29, 0.717) is 0 Å². The third-order valence-electron chi connectivity index (χ3n) is 3.97. The van der Waals surface area contributed by atoms with Crippen molar-refractivity contribution in [3.63, 3.8) is 0 Å². The van der Waals surface area contributed by atoms with Gasteiger partial charge in [0.05, 0.1) is 0 Å². The molecule has 20 heavy (non-hydrogen) atoms. The Morgan fingerprint density at radius 3 is 1.40 bits per heavy atom. The summed E-state index contributed by atoms with van der Waals surface area (Å²) in [5, 5.41) is 0. The lowest BCUT2D eigenvalue weighted by atomic mass is 10.0. The Hall–Kier alpha value is 0.170. The average molecular weight is 298 g/mol. The van der Waals surface area contributed by atoms with Gasteiger partial charge in [0, 0.05) is 0 Å². The monoisotopic (exact) mass is 298 g/mol. The van der Waals surface area contributed by atoms with Gasteiger partial charge >= 0.3 is 0 Å². The third-order valence-corrected chi connectivity index (χ3v) is 4.31. The normalized spacial score (nSPS) is 11.5. The molecule has 0 aromatic heterocycles. The molecule has 0 rings (SSSR count). The van der Waals surface area contributed by atoms with E-state index in [9.17, 15) is 0 Å². The SMILES string of the molecule is CCCCCCCCCCCCCCC/C=C/CCP. The van der Waals surface area contributed by atoms with Crippen molar-refractivity contribution < 1.29 is 0 Å². The second-order valence-corrected chi connectivity index (χ2v) is 6.66. The van der Waals surface area contributed by atoms with E-state index in [2.05, 4.69) is 28.3 Å². The first kappa shape index (κ1) is 20.2. The summed E-state index contributed by atoms with van der Waals surface area (Å²) >= 11 is 0. The van der Waals surface area contributed by atoms with E-state index >= 15 is 0 Å². The molecule has 0 aromatic carbocycles. The van der Waals surface area contributed by atoms with E-state index in [4.69, 9.17) is 0 Å². The second kappa shape index (κ2) is 19.2. The third kappa shape index (κ3) is 18.2. The molecule has 0 N–H and O–H groups in total. The van der Waals surface area contributed by atoms with E-state index in [1.54, 1.807) is 0 Å². The highest BCUT2D eigenvalue weighted by Crippen LogP contribution is 2.13. The van der Waals surface area contributed by atoms with Crippen molar-refractivity contribution in [3.05, 3.63) is 12.2 Å². The topological polar surface area (TPSA) is 0 Å². The summed E-state index contributed by atoms with van der Waals surface area (Å²) in [5.74, 6) is 0. The molecule has 0 aliphatic heterocycles. The maximum Gasteiger partial charge on any atom is -0.0316 e. The van der Waals surface area contributed by atoms with Crippen LogP contribution in [-0.2, 0) is 0 Å². The van der Waals surface area contributed by atoms with Crippen LogP contribution in [0.5, 0.6) is 0 Å². The minimum atomic E-state index is 1.20. The van der Waals surface area contributed by atoms with Gasteiger partial charge in [0.2, 0.25) is 0 Å². The number of hydrogen-bond donors (Lipinski definition) is 0. The van der Waals surface area contributed by atoms with Crippen molar-refractivity contribution in [3.8, 4) is 0 Å². The largest absolute Gasteiger partial charge is 0.137 e.